The van der Waals surface area contributed by atoms with E-state index in [1.807, 2.05) is 0 Å². The van der Waals surface area contributed by atoms with Gasteiger partial charge >= 0.3 is 0 Å². The van der Waals surface area contributed by atoms with Crippen molar-refractivity contribution in [3.63, 3.8) is 0 Å². The molecule has 0 spiro atoms. The summed E-state index contributed by atoms with van der Waals surface area (Å²) in [5, 5.41) is 0. The zero-order chi connectivity index (χ0) is 8.39. The van der Waals surface area contributed by atoms with Gasteiger partial charge in [-0.15, -0.1) is 0 Å². The summed E-state index contributed by atoms with van der Waals surface area (Å²) in [6.07, 6.45) is 4.26. The van der Waals surface area contributed by atoms with Crippen molar-refractivity contribution < 1.29 is 0 Å². The van der Waals surface area contributed by atoms with Gasteiger partial charge in [0.05, 0.1) is 0 Å². The van der Waals surface area contributed by atoms with Crippen LogP contribution in [0.5, 0.6) is 0 Å². The molecule has 12 heavy (non-hydrogen) atoms. The van der Waals surface area contributed by atoms with Gasteiger partial charge in [0, 0.05) is 6.04 Å². The Morgan fingerprint density at radius 1 is 1.08 bits per heavy atom. The summed E-state index contributed by atoms with van der Waals surface area (Å²) in [6.45, 7) is 8.92. The average molecular weight is 168 g/mol. The Balaban J connectivity index is 1.74. The fourth-order valence-corrected chi connectivity index (χ4v) is 2.31. The molecule has 2 fully saturated rings. The molecule has 0 bridgehead atoms. The van der Waals surface area contributed by atoms with E-state index in [1.165, 1.54) is 52.0 Å². The Kier molecular flexibility index (Phi) is 2.66. The van der Waals surface area contributed by atoms with Crippen LogP contribution in [0.1, 0.15) is 26.2 Å². The molecule has 0 N–H and O–H groups in total. The van der Waals surface area contributed by atoms with E-state index in [-0.39, 0.29) is 0 Å². The minimum Gasteiger partial charge on any atom is -0.303 e. The second-order valence-corrected chi connectivity index (χ2v) is 4.05. The second kappa shape index (κ2) is 3.75. The van der Waals surface area contributed by atoms with Crippen LogP contribution in [0.25, 0.3) is 0 Å². The molecule has 0 aromatic rings. The third-order valence-corrected chi connectivity index (χ3v) is 3.41. The fraction of sp³-hybridized carbons (Fsp3) is 1.00. The number of rotatable bonds is 2. The normalized spacial score (nSPS) is 28.8. The van der Waals surface area contributed by atoms with Crippen molar-refractivity contribution in [2.24, 2.45) is 0 Å². The molecule has 0 aliphatic carbocycles. The Morgan fingerprint density at radius 3 is 2.17 bits per heavy atom. The highest BCUT2D eigenvalue weighted by molar-refractivity contribution is 4.83. The van der Waals surface area contributed by atoms with Gasteiger partial charge in [-0.3, -0.25) is 0 Å². The van der Waals surface area contributed by atoms with Gasteiger partial charge < -0.3 is 9.80 Å². The molecule has 2 aliphatic rings. The first-order chi connectivity index (χ1) is 5.90. The number of hydrogen-bond donors (Lipinski definition) is 0. The zero-order valence-electron chi connectivity index (χ0n) is 8.13. The van der Waals surface area contributed by atoms with E-state index < -0.39 is 0 Å². The van der Waals surface area contributed by atoms with Crippen molar-refractivity contribution >= 4 is 0 Å². The first kappa shape index (κ1) is 8.52. The lowest BCUT2D eigenvalue weighted by molar-refractivity contribution is 0.0651. The summed E-state index contributed by atoms with van der Waals surface area (Å²) in [7, 11) is 0. The summed E-state index contributed by atoms with van der Waals surface area (Å²) in [6, 6.07) is 0.932. The van der Waals surface area contributed by atoms with Gasteiger partial charge in [-0.1, -0.05) is 6.92 Å². The van der Waals surface area contributed by atoms with E-state index in [0.29, 0.717) is 0 Å². The maximum atomic E-state index is 2.66. The Labute approximate surface area is 75.5 Å². The number of nitrogens with zero attached hydrogens (tertiary/aromatic N) is 2. The summed E-state index contributed by atoms with van der Waals surface area (Å²) >= 11 is 0. The third-order valence-electron chi connectivity index (χ3n) is 3.41. The Hall–Kier alpha value is -0.0800. The van der Waals surface area contributed by atoms with Crippen LogP contribution in [-0.4, -0.2) is 48.6 Å². The molecular formula is C10H20N2. The lowest BCUT2D eigenvalue weighted by Gasteiger charge is -2.42. The maximum Gasteiger partial charge on any atom is 0.0120 e. The predicted molar refractivity (Wildman–Crippen MR) is 51.3 cm³/mol. The third kappa shape index (κ3) is 1.64. The molecule has 2 nitrogen and oxygen atoms in total. The van der Waals surface area contributed by atoms with E-state index in [0.717, 1.165) is 6.04 Å². The molecule has 0 radical (unpaired) electrons. The number of hydrogen-bond acceptors (Lipinski definition) is 2. The zero-order valence-corrected chi connectivity index (χ0v) is 8.13. The number of likely N-dealkylation sites (tertiary alicyclic amines) is 2. The van der Waals surface area contributed by atoms with E-state index in [9.17, 15) is 0 Å². The van der Waals surface area contributed by atoms with Crippen LogP contribution < -0.4 is 0 Å². The lowest BCUT2D eigenvalue weighted by atomic mass is 10.00. The van der Waals surface area contributed by atoms with E-state index in [2.05, 4.69) is 16.7 Å². The van der Waals surface area contributed by atoms with Gasteiger partial charge in [0.25, 0.3) is 0 Å². The van der Waals surface area contributed by atoms with E-state index >= 15 is 0 Å². The quantitative estimate of drug-likeness (QED) is 0.611. The molecule has 0 amide bonds. The Morgan fingerprint density at radius 2 is 1.75 bits per heavy atom. The monoisotopic (exact) mass is 168 g/mol. The smallest absolute Gasteiger partial charge is 0.0120 e. The first-order valence-electron chi connectivity index (χ1n) is 5.36. The summed E-state index contributed by atoms with van der Waals surface area (Å²) < 4.78 is 0. The lowest BCUT2D eigenvalue weighted by Crippen LogP contribution is -2.50. The van der Waals surface area contributed by atoms with Crippen molar-refractivity contribution in [3.05, 3.63) is 0 Å². The van der Waals surface area contributed by atoms with Crippen molar-refractivity contribution in [1.29, 1.82) is 0 Å². The van der Waals surface area contributed by atoms with Crippen LogP contribution in [0.15, 0.2) is 0 Å². The van der Waals surface area contributed by atoms with Crippen LogP contribution in [0.2, 0.25) is 0 Å². The summed E-state index contributed by atoms with van der Waals surface area (Å²) in [5.74, 6) is 0. The maximum absolute atomic E-state index is 2.66. The highest BCUT2D eigenvalue weighted by Crippen LogP contribution is 2.20. The van der Waals surface area contributed by atoms with Crippen LogP contribution in [0.3, 0.4) is 0 Å². The predicted octanol–water partition coefficient (Wildman–Crippen LogP) is 1.18. The van der Waals surface area contributed by atoms with Crippen molar-refractivity contribution in [3.8, 4) is 0 Å². The van der Waals surface area contributed by atoms with Crippen molar-refractivity contribution in [2.45, 2.75) is 32.2 Å². The van der Waals surface area contributed by atoms with Crippen molar-refractivity contribution in [1.82, 2.24) is 9.80 Å². The van der Waals surface area contributed by atoms with Gasteiger partial charge in [-0.2, -0.15) is 0 Å². The standard InChI is InChI=1S/C10H20N2/c1-2-11-8-4-10(5-9-11)12-6-3-7-12/h10H,2-9H2,1H3. The SMILES string of the molecule is CCN1CCC(N2CCC2)CC1. The topological polar surface area (TPSA) is 6.48 Å². The largest absolute Gasteiger partial charge is 0.303 e. The summed E-state index contributed by atoms with van der Waals surface area (Å²) in [5.41, 5.74) is 0. The molecule has 0 atom stereocenters. The molecule has 2 saturated heterocycles. The average Bonchev–Trinajstić information content (AvgIpc) is 2.03. The molecule has 0 aromatic heterocycles. The first-order valence-corrected chi connectivity index (χ1v) is 5.36. The molecule has 0 saturated carbocycles. The highest BCUT2D eigenvalue weighted by atomic mass is 15.2. The molecule has 70 valence electrons. The summed E-state index contributed by atoms with van der Waals surface area (Å²) in [4.78, 5) is 5.23. The van der Waals surface area contributed by atoms with Crippen LogP contribution in [0.4, 0.5) is 0 Å². The van der Waals surface area contributed by atoms with E-state index in [4.69, 9.17) is 0 Å². The fourth-order valence-electron chi connectivity index (χ4n) is 2.31. The molecule has 0 aromatic carbocycles. The van der Waals surface area contributed by atoms with Gasteiger partial charge in [-0.25, -0.2) is 0 Å². The minimum atomic E-state index is 0.932. The minimum absolute atomic E-state index is 0.932. The second-order valence-electron chi connectivity index (χ2n) is 4.05. The van der Waals surface area contributed by atoms with Gasteiger partial charge in [0.1, 0.15) is 0 Å². The molecule has 2 aliphatic heterocycles. The van der Waals surface area contributed by atoms with E-state index in [1.54, 1.807) is 0 Å². The number of piperidine rings is 1. The molecule has 2 heterocycles. The highest BCUT2D eigenvalue weighted by Gasteiger charge is 2.26. The van der Waals surface area contributed by atoms with Crippen LogP contribution in [0, 0.1) is 0 Å². The van der Waals surface area contributed by atoms with Gasteiger partial charge in [0.2, 0.25) is 0 Å². The molecule has 2 rings (SSSR count). The molecule has 0 unspecified atom stereocenters. The van der Waals surface area contributed by atoms with Crippen LogP contribution in [-0.2, 0) is 0 Å². The molecule has 2 heteroatoms. The van der Waals surface area contributed by atoms with Crippen LogP contribution >= 0.6 is 0 Å². The van der Waals surface area contributed by atoms with Crippen molar-refractivity contribution in [2.75, 3.05) is 32.7 Å². The van der Waals surface area contributed by atoms with Gasteiger partial charge in [0.15, 0.2) is 0 Å². The molecular weight excluding hydrogens is 148 g/mol. The Bertz CT molecular complexity index is 135. The van der Waals surface area contributed by atoms with Gasteiger partial charge in [-0.05, 0) is 52.0 Å².